The number of halogens is 1. The summed E-state index contributed by atoms with van der Waals surface area (Å²) in [4.78, 5) is 16.8. The van der Waals surface area contributed by atoms with Gasteiger partial charge in [-0.3, -0.25) is 9.95 Å². The second-order valence-electron chi connectivity index (χ2n) is 7.12. The van der Waals surface area contributed by atoms with Gasteiger partial charge < -0.3 is 4.42 Å². The van der Waals surface area contributed by atoms with Gasteiger partial charge in [-0.05, 0) is 53.3 Å². The zero-order valence-electron chi connectivity index (χ0n) is 17.3. The van der Waals surface area contributed by atoms with Crippen LogP contribution in [0.25, 0.3) is 28.4 Å². The van der Waals surface area contributed by atoms with Crippen LogP contribution in [0.5, 0.6) is 0 Å². The van der Waals surface area contributed by atoms with Crippen molar-refractivity contribution in [3.05, 3.63) is 92.8 Å². The maximum atomic E-state index is 12.3. The number of benzene rings is 2. The Morgan fingerprint density at radius 3 is 2.70 bits per heavy atom. The Balaban J connectivity index is 1.31. The molecule has 3 heterocycles. The molecule has 0 aliphatic heterocycles. The van der Waals surface area contributed by atoms with E-state index in [2.05, 4.69) is 20.8 Å². The van der Waals surface area contributed by atoms with Crippen molar-refractivity contribution in [3.63, 3.8) is 0 Å². The van der Waals surface area contributed by atoms with Crippen LogP contribution in [0.1, 0.15) is 11.3 Å². The topological polar surface area (TPSA) is 100 Å². The van der Waals surface area contributed by atoms with E-state index in [1.54, 1.807) is 16.3 Å². The number of hydrogen-bond donors (Lipinski definition) is 2. The number of hydrogen-bond acceptors (Lipinski definition) is 7. The Bertz CT molecular complexity index is 1480. The Hall–Kier alpha value is -3.95. The number of aryl methyl sites for hydroxylation is 1. The van der Waals surface area contributed by atoms with E-state index in [4.69, 9.17) is 20.5 Å². The van der Waals surface area contributed by atoms with Crippen LogP contribution in [-0.4, -0.2) is 16.5 Å². The summed E-state index contributed by atoms with van der Waals surface area (Å²) in [6, 6.07) is 18.8. The number of nitrogens with zero attached hydrogens (tertiary/aromatic N) is 3. The molecule has 3 aromatic heterocycles. The first-order valence-corrected chi connectivity index (χ1v) is 11.1. The van der Waals surface area contributed by atoms with Gasteiger partial charge in [-0.15, -0.1) is 11.3 Å². The molecule has 0 fully saturated rings. The van der Waals surface area contributed by atoms with E-state index < -0.39 is 5.63 Å². The van der Waals surface area contributed by atoms with Crippen LogP contribution >= 0.6 is 22.9 Å². The molecule has 8 nitrogen and oxygen atoms in total. The number of nitrogens with one attached hydrogen (secondary N) is 2. The van der Waals surface area contributed by atoms with Crippen LogP contribution in [0.4, 0.5) is 5.13 Å². The van der Waals surface area contributed by atoms with E-state index in [0.717, 1.165) is 16.8 Å². The number of rotatable bonds is 6. The molecule has 0 saturated carbocycles. The molecular formula is C23H17ClN5O3S+. The lowest BCUT2D eigenvalue weighted by atomic mass is 10.2. The second-order valence-corrected chi connectivity index (χ2v) is 8.41. The Kier molecular flexibility index (Phi) is 5.64. The first-order chi connectivity index (χ1) is 16.1. The minimum atomic E-state index is -0.513. The zero-order valence-corrected chi connectivity index (χ0v) is 18.9. The van der Waals surface area contributed by atoms with Crippen LogP contribution in [0, 0.1) is 6.92 Å². The molecule has 0 aliphatic rings. The quantitative estimate of drug-likeness (QED) is 0.202. The smallest absolute Gasteiger partial charge is 0.437 e. The van der Waals surface area contributed by atoms with E-state index in [1.165, 1.54) is 11.3 Å². The molecule has 33 heavy (non-hydrogen) atoms. The fourth-order valence-electron chi connectivity index (χ4n) is 3.14. The SMILES string of the molecule is Cc1ccc(-[n+]2[nH]oc(=O)c2-c2csc(N/N=C/c3ccc(-c4ccc(Cl)cc4)o3)n2)cc1. The molecule has 0 amide bonds. The van der Waals surface area contributed by atoms with Gasteiger partial charge in [0, 0.05) is 28.1 Å². The minimum Gasteiger partial charge on any atom is -0.455 e. The standard InChI is InChI=1S/C23H16ClN5O3S/c1-14-2-8-17(9-3-14)29-21(22(30)32-28-29)19-13-33-23(26-19)27-25-12-18-10-11-20(31-18)15-4-6-16(24)7-5-15/h2-13H,1H3,(H-,26,27,28,30)/p+1/b25-12+. The van der Waals surface area contributed by atoms with E-state index in [0.29, 0.717) is 33.1 Å². The van der Waals surface area contributed by atoms with Crippen molar-refractivity contribution >= 4 is 34.3 Å². The van der Waals surface area contributed by atoms with Gasteiger partial charge in [0.2, 0.25) is 10.8 Å². The van der Waals surface area contributed by atoms with Gasteiger partial charge in [0.15, 0.2) is 5.69 Å². The fraction of sp³-hybridized carbons (Fsp3) is 0.0435. The Labute approximate surface area is 196 Å². The number of thiazole rings is 1. The van der Waals surface area contributed by atoms with Crippen molar-refractivity contribution in [3.8, 4) is 28.4 Å². The minimum absolute atomic E-state index is 0.297. The highest BCUT2D eigenvalue weighted by molar-refractivity contribution is 7.14. The predicted octanol–water partition coefficient (Wildman–Crippen LogP) is 5.04. The molecule has 0 aliphatic carbocycles. The van der Waals surface area contributed by atoms with Crippen LogP contribution in [0.2, 0.25) is 5.02 Å². The van der Waals surface area contributed by atoms with E-state index >= 15 is 0 Å². The summed E-state index contributed by atoms with van der Waals surface area (Å²) < 4.78 is 12.4. The molecule has 164 valence electrons. The van der Waals surface area contributed by atoms with Crippen molar-refractivity contribution in [1.82, 2.24) is 10.3 Å². The molecule has 2 N–H and O–H groups in total. The van der Waals surface area contributed by atoms with E-state index in [1.807, 2.05) is 67.6 Å². The molecular weight excluding hydrogens is 462 g/mol. The lowest BCUT2D eigenvalue weighted by Crippen LogP contribution is -2.36. The van der Waals surface area contributed by atoms with Crippen LogP contribution in [-0.2, 0) is 0 Å². The number of anilines is 1. The highest BCUT2D eigenvalue weighted by Gasteiger charge is 2.27. The summed E-state index contributed by atoms with van der Waals surface area (Å²) in [6.45, 7) is 1.99. The molecule has 5 rings (SSSR count). The van der Waals surface area contributed by atoms with Gasteiger partial charge in [0.05, 0.1) is 6.21 Å². The molecule has 2 aromatic carbocycles. The fourth-order valence-corrected chi connectivity index (χ4v) is 3.91. The summed E-state index contributed by atoms with van der Waals surface area (Å²) in [6.07, 6.45) is 1.55. The van der Waals surface area contributed by atoms with Crippen LogP contribution < -0.4 is 15.7 Å². The molecule has 0 saturated heterocycles. The van der Waals surface area contributed by atoms with Gasteiger partial charge in [0.1, 0.15) is 11.5 Å². The second kappa shape index (κ2) is 8.89. The third-order valence-corrected chi connectivity index (χ3v) is 5.79. The molecule has 0 radical (unpaired) electrons. The van der Waals surface area contributed by atoms with Crippen molar-refractivity contribution in [2.75, 3.05) is 5.43 Å². The van der Waals surface area contributed by atoms with Crippen molar-refractivity contribution in [1.29, 1.82) is 0 Å². The molecule has 0 atom stereocenters. The predicted molar refractivity (Wildman–Crippen MR) is 127 cm³/mol. The maximum Gasteiger partial charge on any atom is 0.437 e. The Morgan fingerprint density at radius 2 is 1.91 bits per heavy atom. The van der Waals surface area contributed by atoms with Gasteiger partial charge in [-0.25, -0.2) is 9.78 Å². The molecule has 10 heteroatoms. The maximum absolute atomic E-state index is 12.3. The summed E-state index contributed by atoms with van der Waals surface area (Å²) in [5.74, 6) is 1.29. The number of hydrazone groups is 1. The normalized spacial score (nSPS) is 11.3. The average molecular weight is 479 g/mol. The summed E-state index contributed by atoms with van der Waals surface area (Å²) >= 11 is 7.24. The van der Waals surface area contributed by atoms with Gasteiger partial charge in [0.25, 0.3) is 0 Å². The Morgan fingerprint density at radius 1 is 1.12 bits per heavy atom. The number of H-pyrrole nitrogens is 1. The first kappa shape index (κ1) is 20.9. The summed E-state index contributed by atoms with van der Waals surface area (Å²) in [7, 11) is 0. The van der Waals surface area contributed by atoms with Gasteiger partial charge >= 0.3 is 11.3 Å². The molecule has 0 spiro atoms. The van der Waals surface area contributed by atoms with E-state index in [9.17, 15) is 4.79 Å². The molecule has 0 unspecified atom stereocenters. The summed E-state index contributed by atoms with van der Waals surface area (Å²) in [5.41, 5.74) is 5.91. The first-order valence-electron chi connectivity index (χ1n) is 9.88. The molecule has 0 bridgehead atoms. The number of furan rings is 1. The third-order valence-electron chi connectivity index (χ3n) is 4.79. The van der Waals surface area contributed by atoms with Crippen molar-refractivity contribution in [2.24, 2.45) is 5.10 Å². The van der Waals surface area contributed by atoms with Crippen molar-refractivity contribution in [2.45, 2.75) is 6.92 Å². The zero-order chi connectivity index (χ0) is 22.8. The molecule has 5 aromatic rings. The van der Waals surface area contributed by atoms with Crippen LogP contribution in [0.3, 0.4) is 0 Å². The highest BCUT2D eigenvalue weighted by atomic mass is 35.5. The van der Waals surface area contributed by atoms with Gasteiger partial charge in [-0.1, -0.05) is 29.3 Å². The third kappa shape index (κ3) is 4.50. The lowest BCUT2D eigenvalue weighted by molar-refractivity contribution is -0.660. The number of aromatic amines is 1. The number of aromatic nitrogens is 3. The van der Waals surface area contributed by atoms with Crippen LogP contribution in [0.15, 0.2) is 84.9 Å². The van der Waals surface area contributed by atoms with Crippen molar-refractivity contribution < 1.29 is 13.6 Å². The van der Waals surface area contributed by atoms with Gasteiger partial charge in [-0.2, -0.15) is 5.10 Å². The largest absolute Gasteiger partial charge is 0.455 e. The average Bonchev–Trinajstić information content (AvgIpc) is 3.55. The lowest BCUT2D eigenvalue weighted by Gasteiger charge is -1.96. The monoisotopic (exact) mass is 478 g/mol. The summed E-state index contributed by atoms with van der Waals surface area (Å²) in [5, 5.41) is 9.75. The highest BCUT2D eigenvalue weighted by Crippen LogP contribution is 2.24. The van der Waals surface area contributed by atoms with E-state index in [-0.39, 0.29) is 0 Å².